The van der Waals surface area contributed by atoms with Gasteiger partial charge < -0.3 is 0 Å². The summed E-state index contributed by atoms with van der Waals surface area (Å²) in [5.41, 5.74) is 0. The number of rotatable bonds is 7. The van der Waals surface area contributed by atoms with Crippen LogP contribution in [0, 0.1) is 0 Å². The lowest BCUT2D eigenvalue weighted by atomic mass is 10.3. The van der Waals surface area contributed by atoms with Crippen molar-refractivity contribution in [3.05, 3.63) is 0 Å². The van der Waals surface area contributed by atoms with Gasteiger partial charge in [0.15, 0.2) is 5.78 Å². The molecule has 5 nitrogen and oxygen atoms in total. The lowest BCUT2D eigenvalue weighted by Crippen LogP contribution is -2.21. The molecule has 0 aromatic carbocycles. The second-order valence-corrected chi connectivity index (χ2v) is 7.36. The Balaban J connectivity index is 1.99. The highest BCUT2D eigenvalue weighted by atomic mass is 31.2. The standard InChI is InChI=1S/C14H25O5P/c1-11(15)12(2)17-20(16,18-13-7-3-4-8-13)19-14-9-5-6-10-14/h12-14H,3-10H2,1-2H3. The SMILES string of the molecule is CC(=O)C(C)OP(=O)(OC1CCCC1)OC1CCCC1. The van der Waals surface area contributed by atoms with Gasteiger partial charge in [-0.2, -0.15) is 0 Å². The first-order valence-corrected chi connectivity index (χ1v) is 9.10. The minimum Gasteiger partial charge on any atom is -0.297 e. The zero-order chi connectivity index (χ0) is 14.6. The van der Waals surface area contributed by atoms with E-state index >= 15 is 0 Å². The van der Waals surface area contributed by atoms with Gasteiger partial charge in [0.1, 0.15) is 6.10 Å². The van der Waals surface area contributed by atoms with E-state index in [2.05, 4.69) is 0 Å². The summed E-state index contributed by atoms with van der Waals surface area (Å²) in [7, 11) is -3.65. The van der Waals surface area contributed by atoms with Crippen molar-refractivity contribution < 1.29 is 22.9 Å². The van der Waals surface area contributed by atoms with Crippen LogP contribution in [0.2, 0.25) is 0 Å². The second-order valence-electron chi connectivity index (χ2n) is 5.83. The van der Waals surface area contributed by atoms with Crippen molar-refractivity contribution in [2.24, 2.45) is 0 Å². The maximum absolute atomic E-state index is 12.8. The molecule has 1 atom stereocenters. The Morgan fingerprint density at radius 2 is 1.40 bits per heavy atom. The molecule has 6 heteroatoms. The topological polar surface area (TPSA) is 61.8 Å². The van der Waals surface area contributed by atoms with Crippen molar-refractivity contribution in [1.29, 1.82) is 0 Å². The number of ketones is 1. The average Bonchev–Trinajstić information content (AvgIpc) is 3.01. The van der Waals surface area contributed by atoms with Gasteiger partial charge in [-0.3, -0.25) is 18.4 Å². The average molecular weight is 304 g/mol. The van der Waals surface area contributed by atoms with Crippen molar-refractivity contribution in [3.8, 4) is 0 Å². The predicted molar refractivity (Wildman–Crippen MR) is 75.5 cm³/mol. The van der Waals surface area contributed by atoms with Crippen molar-refractivity contribution in [3.63, 3.8) is 0 Å². The Bertz CT molecular complexity index is 350. The minimum atomic E-state index is -3.65. The van der Waals surface area contributed by atoms with Gasteiger partial charge in [0.2, 0.25) is 0 Å². The third-order valence-corrected chi connectivity index (χ3v) is 5.71. The van der Waals surface area contributed by atoms with Crippen LogP contribution in [0.1, 0.15) is 65.2 Å². The number of Topliss-reactive ketones (excluding diaryl/α,β-unsaturated/α-hetero) is 1. The normalized spacial score (nSPS) is 23.3. The number of hydrogen-bond acceptors (Lipinski definition) is 5. The number of carbonyl (C=O) groups excluding carboxylic acids is 1. The van der Waals surface area contributed by atoms with Crippen molar-refractivity contribution in [2.75, 3.05) is 0 Å². The van der Waals surface area contributed by atoms with E-state index in [-0.39, 0.29) is 18.0 Å². The summed E-state index contributed by atoms with van der Waals surface area (Å²) in [4.78, 5) is 11.3. The van der Waals surface area contributed by atoms with Gasteiger partial charge in [-0.15, -0.1) is 0 Å². The summed E-state index contributed by atoms with van der Waals surface area (Å²) in [5.74, 6) is -0.171. The fraction of sp³-hybridized carbons (Fsp3) is 0.929. The molecule has 0 amide bonds. The van der Waals surface area contributed by atoms with Crippen LogP contribution in [-0.4, -0.2) is 24.1 Å². The van der Waals surface area contributed by atoms with Gasteiger partial charge in [0.25, 0.3) is 0 Å². The van der Waals surface area contributed by atoms with Crippen LogP contribution in [-0.2, 0) is 22.9 Å². The fourth-order valence-corrected chi connectivity index (χ4v) is 4.53. The Morgan fingerprint density at radius 3 is 1.75 bits per heavy atom. The Hall–Kier alpha value is -0.220. The molecule has 2 fully saturated rings. The first kappa shape index (κ1) is 16.2. The summed E-state index contributed by atoms with van der Waals surface area (Å²) < 4.78 is 29.5. The predicted octanol–water partition coefficient (Wildman–Crippen LogP) is 4.01. The quantitative estimate of drug-likeness (QED) is 0.665. The highest BCUT2D eigenvalue weighted by Crippen LogP contribution is 2.55. The lowest BCUT2D eigenvalue weighted by molar-refractivity contribution is -0.124. The van der Waals surface area contributed by atoms with Crippen LogP contribution in [0.4, 0.5) is 0 Å². The summed E-state index contributed by atoms with van der Waals surface area (Å²) in [6.45, 7) is 3.01. The highest BCUT2D eigenvalue weighted by Gasteiger charge is 2.38. The van der Waals surface area contributed by atoms with E-state index < -0.39 is 13.9 Å². The lowest BCUT2D eigenvalue weighted by Gasteiger charge is -2.25. The highest BCUT2D eigenvalue weighted by molar-refractivity contribution is 7.48. The van der Waals surface area contributed by atoms with E-state index in [1.165, 1.54) is 6.92 Å². The van der Waals surface area contributed by atoms with Gasteiger partial charge in [0, 0.05) is 0 Å². The van der Waals surface area contributed by atoms with Crippen LogP contribution in [0.3, 0.4) is 0 Å². The van der Waals surface area contributed by atoms with Crippen LogP contribution < -0.4 is 0 Å². The van der Waals surface area contributed by atoms with Gasteiger partial charge in [-0.05, 0) is 39.5 Å². The van der Waals surface area contributed by atoms with E-state index in [0.717, 1.165) is 51.4 Å². The molecule has 1 unspecified atom stereocenters. The third-order valence-electron chi connectivity index (χ3n) is 4.02. The van der Waals surface area contributed by atoms with Gasteiger partial charge in [-0.1, -0.05) is 25.7 Å². The van der Waals surface area contributed by atoms with Crippen LogP contribution in [0.25, 0.3) is 0 Å². The maximum Gasteiger partial charge on any atom is 0.476 e. The summed E-state index contributed by atoms with van der Waals surface area (Å²) in [6.07, 6.45) is 6.96. The Kier molecular flexibility index (Phi) is 5.79. The Labute approximate surface area is 121 Å². The number of carbonyl (C=O) groups is 1. The molecule has 0 aromatic rings. The molecule has 0 N–H and O–H groups in total. The molecular formula is C14H25O5P. The fourth-order valence-electron chi connectivity index (χ4n) is 2.70. The third kappa shape index (κ3) is 4.66. The Morgan fingerprint density at radius 1 is 1.00 bits per heavy atom. The van der Waals surface area contributed by atoms with E-state index in [4.69, 9.17) is 13.6 Å². The van der Waals surface area contributed by atoms with Gasteiger partial charge in [-0.25, -0.2) is 4.57 Å². The molecule has 2 saturated carbocycles. The minimum absolute atomic E-state index is 0.0682. The van der Waals surface area contributed by atoms with Crippen molar-refractivity contribution in [2.45, 2.75) is 83.5 Å². The molecule has 0 radical (unpaired) electrons. The summed E-state index contributed by atoms with van der Waals surface area (Å²) in [6, 6.07) is 0. The smallest absolute Gasteiger partial charge is 0.297 e. The molecule has 116 valence electrons. The number of phosphoric ester groups is 1. The van der Waals surface area contributed by atoms with Crippen LogP contribution in [0.5, 0.6) is 0 Å². The summed E-state index contributed by atoms with van der Waals surface area (Å²) >= 11 is 0. The molecular weight excluding hydrogens is 279 g/mol. The molecule has 0 spiro atoms. The first-order valence-electron chi connectivity index (χ1n) is 7.64. The van der Waals surface area contributed by atoms with Gasteiger partial charge >= 0.3 is 7.82 Å². The molecule has 0 aromatic heterocycles. The zero-order valence-corrected chi connectivity index (χ0v) is 13.3. The van der Waals surface area contributed by atoms with Gasteiger partial charge in [0.05, 0.1) is 12.2 Å². The zero-order valence-electron chi connectivity index (χ0n) is 12.4. The second kappa shape index (κ2) is 7.17. The first-order chi connectivity index (χ1) is 9.48. The van der Waals surface area contributed by atoms with Crippen LogP contribution >= 0.6 is 7.82 Å². The molecule has 2 rings (SSSR count). The van der Waals surface area contributed by atoms with E-state index in [1.54, 1.807) is 6.92 Å². The molecule has 0 saturated heterocycles. The molecule has 0 heterocycles. The number of phosphoric acid groups is 1. The van der Waals surface area contributed by atoms with E-state index in [1.807, 2.05) is 0 Å². The van der Waals surface area contributed by atoms with Crippen molar-refractivity contribution >= 4 is 13.6 Å². The largest absolute Gasteiger partial charge is 0.476 e. The summed E-state index contributed by atoms with van der Waals surface area (Å²) in [5, 5.41) is 0. The van der Waals surface area contributed by atoms with E-state index in [0.29, 0.717) is 0 Å². The molecule has 20 heavy (non-hydrogen) atoms. The van der Waals surface area contributed by atoms with Crippen LogP contribution in [0.15, 0.2) is 0 Å². The molecule has 0 bridgehead atoms. The van der Waals surface area contributed by atoms with Crippen molar-refractivity contribution in [1.82, 2.24) is 0 Å². The molecule has 2 aliphatic carbocycles. The maximum atomic E-state index is 12.8. The molecule has 2 aliphatic rings. The van der Waals surface area contributed by atoms with E-state index in [9.17, 15) is 9.36 Å². The molecule has 0 aliphatic heterocycles. The monoisotopic (exact) mass is 304 g/mol. The number of hydrogen-bond donors (Lipinski definition) is 0.